The Kier molecular flexibility index (Phi) is 5.54. The number of hydrogen-bond donors (Lipinski definition) is 4. The lowest BCUT2D eigenvalue weighted by atomic mass is 9.88. The fourth-order valence-corrected chi connectivity index (χ4v) is 3.29. The van der Waals surface area contributed by atoms with E-state index >= 15 is 0 Å². The quantitative estimate of drug-likeness (QED) is 0.573. The summed E-state index contributed by atoms with van der Waals surface area (Å²) >= 11 is 0. The Morgan fingerprint density at radius 1 is 1.14 bits per heavy atom. The third kappa shape index (κ3) is 3.72. The van der Waals surface area contributed by atoms with Crippen LogP contribution in [-0.4, -0.2) is 52.9 Å². The van der Waals surface area contributed by atoms with Gasteiger partial charge in [-0.3, -0.25) is 0 Å². The second kappa shape index (κ2) is 7.01. The summed E-state index contributed by atoms with van der Waals surface area (Å²) in [7, 11) is 0. The summed E-state index contributed by atoms with van der Waals surface area (Å²) in [6, 6.07) is -0.509. The molecule has 0 amide bonds. The summed E-state index contributed by atoms with van der Waals surface area (Å²) in [5.41, 5.74) is 3.08. The van der Waals surface area contributed by atoms with Gasteiger partial charge in [0.25, 0.3) is 0 Å². The van der Waals surface area contributed by atoms with Gasteiger partial charge in [-0.1, -0.05) is 17.2 Å². The van der Waals surface area contributed by atoms with Crippen LogP contribution in [0, 0.1) is 5.92 Å². The zero-order chi connectivity index (χ0) is 15.6. The average molecular weight is 299 g/mol. The van der Waals surface area contributed by atoms with Crippen molar-refractivity contribution < 1.29 is 19.7 Å². The van der Waals surface area contributed by atoms with Crippen molar-refractivity contribution in [2.24, 2.45) is 5.92 Å². The zero-order valence-electron chi connectivity index (χ0n) is 12.7. The fraction of sp³-hybridized carbons (Fsp3) is 0.750. The van der Waals surface area contributed by atoms with Crippen molar-refractivity contribution in [1.82, 2.24) is 5.32 Å². The molecule has 0 radical (unpaired) electrons. The fourth-order valence-electron chi connectivity index (χ4n) is 3.29. The largest absolute Gasteiger partial charge is 0.388 e. The first-order chi connectivity index (χ1) is 9.93. The van der Waals surface area contributed by atoms with E-state index in [-0.39, 0.29) is 5.57 Å². The lowest BCUT2D eigenvalue weighted by molar-refractivity contribution is -0.0629. The number of alkyl halides is 1. The number of halogens is 1. The van der Waals surface area contributed by atoms with Crippen LogP contribution in [0.1, 0.15) is 33.1 Å². The minimum absolute atomic E-state index is 0.138. The van der Waals surface area contributed by atoms with Gasteiger partial charge in [0, 0.05) is 0 Å². The summed E-state index contributed by atoms with van der Waals surface area (Å²) in [5, 5.41) is 32.5. The van der Waals surface area contributed by atoms with Crippen molar-refractivity contribution in [2.45, 2.75) is 57.5 Å². The lowest BCUT2D eigenvalue weighted by Gasteiger charge is -2.34. The van der Waals surface area contributed by atoms with Crippen LogP contribution in [0.2, 0.25) is 0 Å². The van der Waals surface area contributed by atoms with E-state index < -0.39 is 31.0 Å². The van der Waals surface area contributed by atoms with Gasteiger partial charge >= 0.3 is 0 Å². The summed E-state index contributed by atoms with van der Waals surface area (Å²) in [6.07, 6.45) is 0.964. The minimum Gasteiger partial charge on any atom is -0.388 e. The summed E-state index contributed by atoms with van der Waals surface area (Å²) in [5.74, 6) is 0.623. The van der Waals surface area contributed by atoms with Crippen LogP contribution in [0.25, 0.3) is 0 Å². The van der Waals surface area contributed by atoms with E-state index in [9.17, 15) is 19.7 Å². The second-order valence-electron chi connectivity index (χ2n) is 6.40. The molecule has 0 saturated carbocycles. The monoisotopic (exact) mass is 299 g/mol. The van der Waals surface area contributed by atoms with E-state index in [1.54, 1.807) is 0 Å². The molecule has 120 valence electrons. The number of rotatable bonds is 5. The van der Waals surface area contributed by atoms with Crippen LogP contribution in [0.3, 0.4) is 0 Å². The standard InChI is InChI=1S/C16H26FNO3/c1-9-5-11(6-10(9)2)3-4-18-13-7-12(8-17)14(19)16(21)15(13)20/h7,11,13-16,18-21H,3-6,8H2,1-2H3/t13-,14+,15+,16+/m1/s1. The van der Waals surface area contributed by atoms with E-state index in [2.05, 4.69) is 19.2 Å². The molecule has 2 aliphatic carbocycles. The van der Waals surface area contributed by atoms with Crippen LogP contribution >= 0.6 is 0 Å². The highest BCUT2D eigenvalue weighted by Crippen LogP contribution is 2.32. The highest BCUT2D eigenvalue weighted by atomic mass is 19.1. The third-order valence-electron chi connectivity index (χ3n) is 4.82. The Morgan fingerprint density at radius 2 is 1.76 bits per heavy atom. The van der Waals surface area contributed by atoms with Gasteiger partial charge in [0.15, 0.2) is 0 Å². The molecule has 0 heterocycles. The van der Waals surface area contributed by atoms with Gasteiger partial charge in [-0.2, -0.15) is 0 Å². The molecule has 4 atom stereocenters. The van der Waals surface area contributed by atoms with Crippen molar-refractivity contribution in [3.05, 3.63) is 22.8 Å². The first-order valence-corrected chi connectivity index (χ1v) is 7.63. The van der Waals surface area contributed by atoms with Gasteiger partial charge in [-0.05, 0) is 51.1 Å². The summed E-state index contributed by atoms with van der Waals surface area (Å²) < 4.78 is 12.8. The van der Waals surface area contributed by atoms with Crippen LogP contribution in [0.4, 0.5) is 4.39 Å². The number of hydrogen-bond acceptors (Lipinski definition) is 4. The van der Waals surface area contributed by atoms with Crippen molar-refractivity contribution in [2.75, 3.05) is 13.2 Å². The molecular formula is C16H26FNO3. The van der Waals surface area contributed by atoms with E-state index in [0.29, 0.717) is 12.5 Å². The molecule has 0 saturated heterocycles. The molecule has 0 aromatic heterocycles. The minimum atomic E-state index is -1.34. The van der Waals surface area contributed by atoms with Gasteiger partial charge in [-0.15, -0.1) is 0 Å². The molecule has 2 aliphatic rings. The number of aliphatic hydroxyl groups is 3. The summed E-state index contributed by atoms with van der Waals surface area (Å²) in [4.78, 5) is 0. The Labute approximate surface area is 125 Å². The third-order valence-corrected chi connectivity index (χ3v) is 4.82. The van der Waals surface area contributed by atoms with Gasteiger partial charge in [0.1, 0.15) is 25.0 Å². The highest BCUT2D eigenvalue weighted by Gasteiger charge is 2.37. The molecule has 0 aromatic rings. The maximum Gasteiger partial charge on any atom is 0.113 e. The lowest BCUT2D eigenvalue weighted by Crippen LogP contribution is -2.54. The zero-order valence-corrected chi connectivity index (χ0v) is 12.7. The van der Waals surface area contributed by atoms with Crippen LogP contribution in [0.5, 0.6) is 0 Å². The number of nitrogens with one attached hydrogen (secondary N) is 1. The van der Waals surface area contributed by atoms with E-state index in [4.69, 9.17) is 0 Å². The molecule has 0 spiro atoms. The van der Waals surface area contributed by atoms with Crippen molar-refractivity contribution >= 4 is 0 Å². The SMILES string of the molecule is CC1=C(C)CC(CCN[C@@H]2C=C(CF)[C@H](O)[C@H](O)[C@H]2O)C1. The molecule has 0 bridgehead atoms. The normalized spacial score (nSPS) is 34.5. The molecule has 5 heteroatoms. The molecular weight excluding hydrogens is 273 g/mol. The van der Waals surface area contributed by atoms with Gasteiger partial charge in [-0.25, -0.2) is 4.39 Å². The van der Waals surface area contributed by atoms with Crippen molar-refractivity contribution in [3.8, 4) is 0 Å². The van der Waals surface area contributed by atoms with Crippen LogP contribution < -0.4 is 5.32 Å². The van der Waals surface area contributed by atoms with E-state index in [0.717, 1.165) is 19.3 Å². The average Bonchev–Trinajstić information content (AvgIpc) is 2.77. The van der Waals surface area contributed by atoms with E-state index in [1.165, 1.54) is 17.2 Å². The van der Waals surface area contributed by atoms with E-state index in [1.807, 2.05) is 0 Å². The Balaban J connectivity index is 1.84. The second-order valence-corrected chi connectivity index (χ2v) is 6.40. The topological polar surface area (TPSA) is 72.7 Å². The molecule has 21 heavy (non-hydrogen) atoms. The number of allylic oxidation sites excluding steroid dienone is 2. The Bertz CT molecular complexity index is 421. The molecule has 0 aromatic carbocycles. The Hall–Kier alpha value is -0.750. The van der Waals surface area contributed by atoms with Gasteiger partial charge in [0.05, 0.1) is 6.04 Å². The smallest absolute Gasteiger partial charge is 0.113 e. The molecule has 4 N–H and O–H groups in total. The predicted molar refractivity (Wildman–Crippen MR) is 79.6 cm³/mol. The Morgan fingerprint density at radius 3 is 2.33 bits per heavy atom. The molecule has 4 nitrogen and oxygen atoms in total. The predicted octanol–water partition coefficient (Wildman–Crippen LogP) is 1.07. The van der Waals surface area contributed by atoms with Crippen LogP contribution in [-0.2, 0) is 0 Å². The molecule has 0 fully saturated rings. The molecule has 2 rings (SSSR count). The molecule has 0 unspecified atom stereocenters. The van der Waals surface area contributed by atoms with Crippen LogP contribution in [0.15, 0.2) is 22.8 Å². The van der Waals surface area contributed by atoms with Crippen molar-refractivity contribution in [1.29, 1.82) is 0 Å². The first-order valence-electron chi connectivity index (χ1n) is 7.63. The van der Waals surface area contributed by atoms with Gasteiger partial charge < -0.3 is 20.6 Å². The van der Waals surface area contributed by atoms with Gasteiger partial charge in [0.2, 0.25) is 0 Å². The van der Waals surface area contributed by atoms with Crippen molar-refractivity contribution in [3.63, 3.8) is 0 Å². The molecule has 0 aliphatic heterocycles. The maximum absolute atomic E-state index is 12.8. The number of aliphatic hydroxyl groups excluding tert-OH is 3. The first kappa shape index (κ1) is 16.6. The maximum atomic E-state index is 12.8. The summed E-state index contributed by atoms with van der Waals surface area (Å²) in [6.45, 7) is 4.23. The highest BCUT2D eigenvalue weighted by molar-refractivity contribution is 5.22.